The zero-order chi connectivity index (χ0) is 15.1. The second-order valence-corrected chi connectivity index (χ2v) is 5.91. The second-order valence-electron chi connectivity index (χ2n) is 4.85. The first kappa shape index (κ1) is 13.8. The molecule has 4 nitrogen and oxygen atoms in total. The minimum absolute atomic E-state index is 0.0702. The third-order valence-electron chi connectivity index (χ3n) is 3.45. The Hall–Kier alpha value is -2.21. The highest BCUT2D eigenvalue weighted by atomic mass is 32.1. The van der Waals surface area contributed by atoms with Gasteiger partial charge in [-0.05, 0) is 43.7 Å². The third kappa shape index (κ3) is 2.31. The fourth-order valence-corrected chi connectivity index (χ4v) is 3.57. The lowest BCUT2D eigenvalue weighted by atomic mass is 10.1. The highest BCUT2D eigenvalue weighted by Gasteiger charge is 2.20. The number of imidazole rings is 1. The van der Waals surface area contributed by atoms with E-state index in [0.717, 1.165) is 32.5 Å². The van der Waals surface area contributed by atoms with Crippen LogP contribution >= 0.6 is 11.3 Å². The van der Waals surface area contributed by atoms with Crippen LogP contribution < -0.4 is 0 Å². The number of aryl methyl sites for hydroxylation is 2. The molecular weight excluding hydrogens is 291 g/mol. The van der Waals surface area contributed by atoms with Gasteiger partial charge in [0.05, 0.1) is 17.8 Å². The van der Waals surface area contributed by atoms with E-state index in [2.05, 4.69) is 4.98 Å². The smallest absolute Gasteiger partial charge is 0.308 e. The predicted molar refractivity (Wildman–Crippen MR) is 79.3 cm³/mol. The number of benzene rings is 1. The van der Waals surface area contributed by atoms with E-state index < -0.39 is 5.97 Å². The van der Waals surface area contributed by atoms with Crippen molar-refractivity contribution in [3.63, 3.8) is 0 Å². The Morgan fingerprint density at radius 3 is 2.62 bits per heavy atom. The van der Waals surface area contributed by atoms with Crippen LogP contribution in [0, 0.1) is 19.7 Å². The van der Waals surface area contributed by atoms with Gasteiger partial charge >= 0.3 is 5.97 Å². The average molecular weight is 304 g/mol. The van der Waals surface area contributed by atoms with Crippen molar-refractivity contribution in [1.29, 1.82) is 0 Å². The normalized spacial score (nSPS) is 11.2. The van der Waals surface area contributed by atoms with Crippen molar-refractivity contribution in [3.8, 4) is 11.3 Å². The minimum Gasteiger partial charge on any atom is -0.481 e. The number of aliphatic carboxylic acids is 1. The lowest BCUT2D eigenvalue weighted by molar-refractivity contribution is -0.136. The zero-order valence-corrected chi connectivity index (χ0v) is 12.4. The summed E-state index contributed by atoms with van der Waals surface area (Å²) in [5, 5.41) is 9.09. The molecule has 3 aromatic rings. The Labute approximate surface area is 124 Å². The standard InChI is InChI=1S/C15H13FN2O2S/c1-8-9(2)18-14(10-3-5-11(16)6-4-10)12(7-13(19)20)21-15(18)17-8/h3-6H,7H2,1-2H3,(H,19,20). The maximum Gasteiger partial charge on any atom is 0.308 e. The highest BCUT2D eigenvalue weighted by Crippen LogP contribution is 2.34. The zero-order valence-electron chi connectivity index (χ0n) is 11.6. The van der Waals surface area contributed by atoms with Crippen LogP contribution in [-0.2, 0) is 11.2 Å². The molecule has 0 amide bonds. The molecule has 0 spiro atoms. The van der Waals surface area contributed by atoms with Gasteiger partial charge in [-0.1, -0.05) is 0 Å². The van der Waals surface area contributed by atoms with Gasteiger partial charge in [-0.3, -0.25) is 9.20 Å². The van der Waals surface area contributed by atoms with E-state index in [9.17, 15) is 9.18 Å². The molecule has 1 N–H and O–H groups in total. The van der Waals surface area contributed by atoms with Gasteiger partial charge in [0.1, 0.15) is 5.82 Å². The molecule has 0 unspecified atom stereocenters. The molecule has 0 aliphatic carbocycles. The third-order valence-corrected chi connectivity index (χ3v) is 4.49. The summed E-state index contributed by atoms with van der Waals surface area (Å²) >= 11 is 1.36. The van der Waals surface area contributed by atoms with Gasteiger partial charge in [0, 0.05) is 10.6 Å². The Balaban J connectivity index is 2.29. The van der Waals surface area contributed by atoms with Crippen LogP contribution in [0.2, 0.25) is 0 Å². The number of fused-ring (bicyclic) bond motifs is 1. The van der Waals surface area contributed by atoms with Crippen LogP contribution in [0.1, 0.15) is 16.3 Å². The number of halogens is 1. The summed E-state index contributed by atoms with van der Waals surface area (Å²) in [7, 11) is 0. The molecule has 0 saturated carbocycles. The molecule has 1 aromatic carbocycles. The molecule has 0 fully saturated rings. The van der Waals surface area contributed by atoms with Crippen molar-refractivity contribution >= 4 is 22.3 Å². The molecule has 21 heavy (non-hydrogen) atoms. The number of hydrogen-bond donors (Lipinski definition) is 1. The molecule has 0 saturated heterocycles. The Morgan fingerprint density at radius 2 is 2.00 bits per heavy atom. The van der Waals surface area contributed by atoms with Gasteiger partial charge in [-0.25, -0.2) is 9.37 Å². The van der Waals surface area contributed by atoms with E-state index >= 15 is 0 Å². The summed E-state index contributed by atoms with van der Waals surface area (Å²) in [5.74, 6) is -1.21. The monoisotopic (exact) mass is 304 g/mol. The number of rotatable bonds is 3. The van der Waals surface area contributed by atoms with Crippen molar-refractivity contribution in [3.05, 3.63) is 46.3 Å². The van der Waals surface area contributed by atoms with Crippen LogP contribution in [0.25, 0.3) is 16.2 Å². The van der Waals surface area contributed by atoms with Crippen LogP contribution in [0.15, 0.2) is 24.3 Å². The molecule has 0 aliphatic heterocycles. The van der Waals surface area contributed by atoms with Crippen molar-refractivity contribution < 1.29 is 14.3 Å². The maximum absolute atomic E-state index is 13.1. The van der Waals surface area contributed by atoms with Crippen molar-refractivity contribution in [1.82, 2.24) is 9.38 Å². The number of aromatic nitrogens is 2. The first-order valence-electron chi connectivity index (χ1n) is 6.42. The molecule has 6 heteroatoms. The van der Waals surface area contributed by atoms with Gasteiger partial charge < -0.3 is 5.11 Å². The molecule has 0 radical (unpaired) electrons. The number of hydrogen-bond acceptors (Lipinski definition) is 3. The molecular formula is C15H13FN2O2S. The SMILES string of the molecule is Cc1nc2sc(CC(=O)O)c(-c3ccc(F)cc3)n2c1C. The summed E-state index contributed by atoms with van der Waals surface area (Å²) in [4.78, 5) is 17.0. The number of thiazole rings is 1. The molecule has 2 heterocycles. The fourth-order valence-electron chi connectivity index (χ4n) is 2.35. The highest BCUT2D eigenvalue weighted by molar-refractivity contribution is 7.17. The first-order valence-corrected chi connectivity index (χ1v) is 7.24. The van der Waals surface area contributed by atoms with Gasteiger partial charge in [-0.2, -0.15) is 0 Å². The summed E-state index contributed by atoms with van der Waals surface area (Å²) in [6.45, 7) is 3.86. The minimum atomic E-state index is -0.891. The molecule has 0 aliphatic rings. The number of carboxylic acids is 1. The van der Waals surface area contributed by atoms with E-state index in [4.69, 9.17) is 5.11 Å². The quantitative estimate of drug-likeness (QED) is 0.806. The van der Waals surface area contributed by atoms with Crippen LogP contribution in [-0.4, -0.2) is 20.5 Å². The number of nitrogens with zero attached hydrogens (tertiary/aromatic N) is 2. The summed E-state index contributed by atoms with van der Waals surface area (Å²) < 4.78 is 15.1. The summed E-state index contributed by atoms with van der Waals surface area (Å²) in [5.41, 5.74) is 3.46. The van der Waals surface area contributed by atoms with E-state index in [1.807, 2.05) is 18.2 Å². The van der Waals surface area contributed by atoms with E-state index in [0.29, 0.717) is 0 Å². The topological polar surface area (TPSA) is 54.6 Å². The largest absolute Gasteiger partial charge is 0.481 e. The Morgan fingerprint density at radius 1 is 1.33 bits per heavy atom. The van der Waals surface area contributed by atoms with E-state index in [1.54, 1.807) is 12.1 Å². The molecule has 3 rings (SSSR count). The Bertz CT molecular complexity index is 834. The van der Waals surface area contributed by atoms with Crippen molar-refractivity contribution in [2.24, 2.45) is 0 Å². The van der Waals surface area contributed by atoms with Crippen molar-refractivity contribution in [2.75, 3.05) is 0 Å². The van der Waals surface area contributed by atoms with Gasteiger partial charge in [0.15, 0.2) is 4.96 Å². The Kier molecular flexibility index (Phi) is 3.25. The molecule has 0 bridgehead atoms. The predicted octanol–water partition coefficient (Wildman–Crippen LogP) is 3.45. The van der Waals surface area contributed by atoms with E-state index in [-0.39, 0.29) is 12.2 Å². The average Bonchev–Trinajstić information content (AvgIpc) is 2.88. The molecule has 108 valence electrons. The van der Waals surface area contributed by atoms with Gasteiger partial charge in [0.25, 0.3) is 0 Å². The molecule has 0 atom stereocenters. The second kappa shape index (κ2) is 4.96. The van der Waals surface area contributed by atoms with Gasteiger partial charge in [0.2, 0.25) is 0 Å². The fraction of sp³-hybridized carbons (Fsp3) is 0.200. The number of carboxylic acid groups (broad SMARTS) is 1. The lowest BCUT2D eigenvalue weighted by Gasteiger charge is -2.05. The van der Waals surface area contributed by atoms with Crippen LogP contribution in [0.4, 0.5) is 4.39 Å². The van der Waals surface area contributed by atoms with Crippen molar-refractivity contribution in [2.45, 2.75) is 20.3 Å². The lowest BCUT2D eigenvalue weighted by Crippen LogP contribution is -2.01. The first-order chi connectivity index (χ1) is 9.97. The molecule has 2 aromatic heterocycles. The van der Waals surface area contributed by atoms with E-state index in [1.165, 1.54) is 23.5 Å². The van der Waals surface area contributed by atoms with Crippen LogP contribution in [0.3, 0.4) is 0 Å². The summed E-state index contributed by atoms with van der Waals surface area (Å²) in [6.07, 6.45) is -0.0702. The van der Waals surface area contributed by atoms with Crippen LogP contribution in [0.5, 0.6) is 0 Å². The maximum atomic E-state index is 13.1. The number of carbonyl (C=O) groups is 1. The van der Waals surface area contributed by atoms with Gasteiger partial charge in [-0.15, -0.1) is 11.3 Å². The summed E-state index contributed by atoms with van der Waals surface area (Å²) in [6, 6.07) is 6.08.